The Morgan fingerprint density at radius 2 is 1.86 bits per heavy atom. The number of amides is 1. The molecule has 2 aromatic heterocycles. The Hall–Kier alpha value is -3.62. The SMILES string of the molecule is COc1cc(OC)cc(C(=O)Nc2cc(C)nn2-c2nc3c(c(=O)[nH]2)CCC3)c1. The van der Waals surface area contributed by atoms with Crippen molar-refractivity contribution in [2.24, 2.45) is 0 Å². The van der Waals surface area contributed by atoms with E-state index in [4.69, 9.17) is 9.47 Å². The molecule has 1 aliphatic rings. The van der Waals surface area contributed by atoms with Crippen LogP contribution in [0.2, 0.25) is 0 Å². The Labute approximate surface area is 166 Å². The maximum atomic E-state index is 12.8. The number of ether oxygens (including phenoxy) is 2. The van der Waals surface area contributed by atoms with Crippen molar-refractivity contribution in [2.75, 3.05) is 19.5 Å². The number of benzene rings is 1. The van der Waals surface area contributed by atoms with Gasteiger partial charge in [-0.1, -0.05) is 0 Å². The fraction of sp³-hybridized carbons (Fsp3) is 0.300. The number of fused-ring (bicyclic) bond motifs is 1. The van der Waals surface area contributed by atoms with Crippen LogP contribution in [-0.2, 0) is 12.8 Å². The van der Waals surface area contributed by atoms with Gasteiger partial charge < -0.3 is 14.8 Å². The fourth-order valence-corrected chi connectivity index (χ4v) is 3.41. The van der Waals surface area contributed by atoms with Crippen molar-refractivity contribution in [3.8, 4) is 17.4 Å². The van der Waals surface area contributed by atoms with Gasteiger partial charge in [-0.2, -0.15) is 9.78 Å². The van der Waals surface area contributed by atoms with Crippen LogP contribution >= 0.6 is 0 Å². The number of rotatable bonds is 5. The van der Waals surface area contributed by atoms with E-state index in [9.17, 15) is 9.59 Å². The zero-order valence-electron chi connectivity index (χ0n) is 16.4. The second-order valence-electron chi connectivity index (χ2n) is 6.81. The summed E-state index contributed by atoms with van der Waals surface area (Å²) in [5.74, 6) is 1.32. The van der Waals surface area contributed by atoms with E-state index in [1.165, 1.54) is 18.9 Å². The molecule has 9 heteroatoms. The summed E-state index contributed by atoms with van der Waals surface area (Å²) in [5, 5.41) is 7.21. The van der Waals surface area contributed by atoms with Crippen LogP contribution in [0.3, 0.4) is 0 Å². The number of nitrogens with zero attached hydrogens (tertiary/aromatic N) is 3. The highest BCUT2D eigenvalue weighted by Crippen LogP contribution is 2.24. The van der Waals surface area contributed by atoms with Crippen molar-refractivity contribution in [3.05, 3.63) is 57.1 Å². The van der Waals surface area contributed by atoms with E-state index in [0.717, 1.165) is 30.5 Å². The highest BCUT2D eigenvalue weighted by molar-refractivity contribution is 6.04. The van der Waals surface area contributed by atoms with Crippen molar-refractivity contribution in [2.45, 2.75) is 26.2 Å². The van der Waals surface area contributed by atoms with Gasteiger partial charge in [-0.15, -0.1) is 0 Å². The van der Waals surface area contributed by atoms with E-state index in [1.807, 2.05) is 0 Å². The number of aromatic nitrogens is 4. The molecule has 29 heavy (non-hydrogen) atoms. The van der Waals surface area contributed by atoms with Crippen LogP contribution in [0.4, 0.5) is 5.82 Å². The monoisotopic (exact) mass is 395 g/mol. The van der Waals surface area contributed by atoms with E-state index in [2.05, 4.69) is 20.4 Å². The summed E-state index contributed by atoms with van der Waals surface area (Å²) in [6, 6.07) is 6.62. The third kappa shape index (κ3) is 3.58. The van der Waals surface area contributed by atoms with Crippen LogP contribution < -0.4 is 20.3 Å². The Morgan fingerprint density at radius 3 is 2.55 bits per heavy atom. The number of aromatic amines is 1. The summed E-state index contributed by atoms with van der Waals surface area (Å²) >= 11 is 0. The molecule has 0 radical (unpaired) electrons. The summed E-state index contributed by atoms with van der Waals surface area (Å²) in [6.07, 6.45) is 2.41. The standard InChI is InChI=1S/C20H21N5O4/c1-11-7-17(22-18(26)12-8-13(28-2)10-14(9-12)29-3)25(24-11)20-21-16-6-4-5-15(16)19(27)23-20/h7-10H,4-6H2,1-3H3,(H,22,26)(H,21,23,27). The van der Waals surface area contributed by atoms with Crippen LogP contribution in [-0.4, -0.2) is 39.9 Å². The molecule has 0 saturated carbocycles. The molecule has 3 aromatic rings. The second kappa shape index (κ2) is 7.42. The maximum absolute atomic E-state index is 12.8. The van der Waals surface area contributed by atoms with Crippen LogP contribution in [0.5, 0.6) is 11.5 Å². The molecular formula is C20H21N5O4. The number of nitrogens with one attached hydrogen (secondary N) is 2. The van der Waals surface area contributed by atoms with Gasteiger partial charge in [-0.25, -0.2) is 4.98 Å². The first kappa shape index (κ1) is 18.7. The van der Waals surface area contributed by atoms with Crippen LogP contribution in [0, 0.1) is 6.92 Å². The highest BCUT2D eigenvalue weighted by atomic mass is 16.5. The molecule has 0 unspecified atom stereocenters. The first-order chi connectivity index (χ1) is 14.0. The van der Waals surface area contributed by atoms with Gasteiger partial charge in [0.05, 0.1) is 25.6 Å². The Kier molecular flexibility index (Phi) is 4.79. The number of hydrogen-bond acceptors (Lipinski definition) is 6. The third-order valence-electron chi connectivity index (χ3n) is 4.82. The highest BCUT2D eigenvalue weighted by Gasteiger charge is 2.20. The van der Waals surface area contributed by atoms with Gasteiger partial charge in [-0.3, -0.25) is 14.6 Å². The molecule has 2 heterocycles. The number of hydrogen-bond donors (Lipinski definition) is 2. The topological polar surface area (TPSA) is 111 Å². The Morgan fingerprint density at radius 1 is 1.14 bits per heavy atom. The smallest absolute Gasteiger partial charge is 0.257 e. The molecule has 150 valence electrons. The average Bonchev–Trinajstić information content (AvgIpc) is 3.34. The van der Waals surface area contributed by atoms with Gasteiger partial charge >= 0.3 is 0 Å². The molecular weight excluding hydrogens is 374 g/mol. The van der Waals surface area contributed by atoms with Crippen molar-refractivity contribution >= 4 is 11.7 Å². The van der Waals surface area contributed by atoms with Crippen molar-refractivity contribution < 1.29 is 14.3 Å². The Bertz CT molecular complexity index is 1130. The molecule has 2 N–H and O–H groups in total. The minimum absolute atomic E-state index is 0.162. The minimum atomic E-state index is -0.369. The number of anilines is 1. The van der Waals surface area contributed by atoms with Gasteiger partial charge in [0.2, 0.25) is 5.95 Å². The predicted octanol–water partition coefficient (Wildman–Crippen LogP) is 2.02. The molecule has 9 nitrogen and oxygen atoms in total. The molecule has 0 aliphatic heterocycles. The average molecular weight is 395 g/mol. The number of methoxy groups -OCH3 is 2. The molecule has 0 bridgehead atoms. The minimum Gasteiger partial charge on any atom is -0.497 e. The third-order valence-corrected chi connectivity index (χ3v) is 4.82. The van der Waals surface area contributed by atoms with Crippen molar-refractivity contribution in [1.82, 2.24) is 19.7 Å². The quantitative estimate of drug-likeness (QED) is 0.684. The lowest BCUT2D eigenvalue weighted by atomic mass is 10.2. The molecule has 0 atom stereocenters. The van der Waals surface area contributed by atoms with E-state index in [-0.39, 0.29) is 17.4 Å². The van der Waals surface area contributed by atoms with Gasteiger partial charge in [0.15, 0.2) is 0 Å². The first-order valence-corrected chi connectivity index (χ1v) is 9.22. The van der Waals surface area contributed by atoms with Gasteiger partial charge in [0.25, 0.3) is 11.5 Å². The predicted molar refractivity (Wildman–Crippen MR) is 106 cm³/mol. The number of carbonyl (C=O) groups is 1. The van der Waals surface area contributed by atoms with E-state index < -0.39 is 0 Å². The van der Waals surface area contributed by atoms with E-state index >= 15 is 0 Å². The van der Waals surface area contributed by atoms with Crippen LogP contribution in [0.25, 0.3) is 5.95 Å². The summed E-state index contributed by atoms with van der Waals surface area (Å²) in [7, 11) is 3.04. The maximum Gasteiger partial charge on any atom is 0.257 e. The van der Waals surface area contributed by atoms with Crippen molar-refractivity contribution in [3.63, 3.8) is 0 Å². The molecule has 0 spiro atoms. The first-order valence-electron chi connectivity index (χ1n) is 9.22. The lowest BCUT2D eigenvalue weighted by Crippen LogP contribution is -2.21. The second-order valence-corrected chi connectivity index (χ2v) is 6.81. The fourth-order valence-electron chi connectivity index (χ4n) is 3.41. The normalized spacial score (nSPS) is 12.5. The molecule has 0 saturated heterocycles. The molecule has 1 aromatic carbocycles. The summed E-state index contributed by atoms with van der Waals surface area (Å²) in [6.45, 7) is 1.80. The van der Waals surface area contributed by atoms with Crippen LogP contribution in [0.15, 0.2) is 29.1 Å². The van der Waals surface area contributed by atoms with Crippen molar-refractivity contribution in [1.29, 1.82) is 0 Å². The van der Waals surface area contributed by atoms with Gasteiger partial charge in [0.1, 0.15) is 17.3 Å². The molecule has 1 amide bonds. The van der Waals surface area contributed by atoms with Gasteiger partial charge in [0, 0.05) is 23.3 Å². The number of carbonyl (C=O) groups excluding carboxylic acids is 1. The molecule has 0 fully saturated rings. The van der Waals surface area contributed by atoms with E-state index in [0.29, 0.717) is 28.6 Å². The largest absolute Gasteiger partial charge is 0.497 e. The van der Waals surface area contributed by atoms with E-state index in [1.54, 1.807) is 31.2 Å². The number of aryl methyl sites for hydroxylation is 2. The summed E-state index contributed by atoms with van der Waals surface area (Å²) < 4.78 is 11.9. The Balaban J connectivity index is 1.69. The zero-order valence-corrected chi connectivity index (χ0v) is 16.4. The van der Waals surface area contributed by atoms with Crippen LogP contribution in [0.1, 0.15) is 33.7 Å². The zero-order chi connectivity index (χ0) is 20.5. The van der Waals surface area contributed by atoms with Gasteiger partial charge in [-0.05, 0) is 38.3 Å². The molecule has 4 rings (SSSR count). The summed E-state index contributed by atoms with van der Waals surface area (Å²) in [5.41, 5.74) is 2.39. The molecule has 1 aliphatic carbocycles. The summed E-state index contributed by atoms with van der Waals surface area (Å²) in [4.78, 5) is 32.5. The number of H-pyrrole nitrogens is 1. The lowest BCUT2D eigenvalue weighted by molar-refractivity contribution is 0.102. The lowest BCUT2D eigenvalue weighted by Gasteiger charge is -2.11.